The molecule has 138 valence electrons. The molecule has 7 nitrogen and oxygen atoms in total. The average Bonchev–Trinajstić information content (AvgIpc) is 3.12. The first-order valence-electron chi connectivity index (χ1n) is 8.63. The second-order valence-corrected chi connectivity index (χ2v) is 8.28. The molecule has 2 aromatic carbocycles. The smallest absolute Gasteiger partial charge is 0.271 e. The standard InChI is InChI=1S/C19H18N4O3S/c24-19(17-13-21-15-6-2-3-7-16(15)22-17)20-10-12-27(25,26)23-11-9-14-5-1-4-8-18(14)23/h1-8,13H,9-12H2,(H,20,24). The van der Waals surface area contributed by atoms with Gasteiger partial charge in [0.2, 0.25) is 10.0 Å². The molecular weight excluding hydrogens is 364 g/mol. The maximum Gasteiger partial charge on any atom is 0.271 e. The van der Waals surface area contributed by atoms with E-state index in [0.29, 0.717) is 24.0 Å². The average molecular weight is 382 g/mol. The van der Waals surface area contributed by atoms with Gasteiger partial charge in [0.1, 0.15) is 5.69 Å². The molecule has 8 heteroatoms. The van der Waals surface area contributed by atoms with E-state index in [9.17, 15) is 13.2 Å². The molecule has 0 spiro atoms. The van der Waals surface area contributed by atoms with E-state index in [2.05, 4.69) is 15.3 Å². The number of amides is 1. The number of nitrogens with one attached hydrogen (secondary N) is 1. The van der Waals surface area contributed by atoms with Crippen LogP contribution in [0.15, 0.2) is 54.7 Å². The highest BCUT2D eigenvalue weighted by Gasteiger charge is 2.28. The molecule has 1 aliphatic heterocycles. The van der Waals surface area contributed by atoms with Crippen LogP contribution in [-0.4, -0.2) is 43.1 Å². The number of para-hydroxylation sites is 3. The molecule has 0 bridgehead atoms. The monoisotopic (exact) mass is 382 g/mol. The van der Waals surface area contributed by atoms with Gasteiger partial charge in [0.05, 0.1) is 28.7 Å². The van der Waals surface area contributed by atoms with Crippen LogP contribution in [0.25, 0.3) is 11.0 Å². The maximum atomic E-state index is 12.6. The summed E-state index contributed by atoms with van der Waals surface area (Å²) >= 11 is 0. The number of sulfonamides is 1. The molecule has 1 aromatic heterocycles. The number of anilines is 1. The molecule has 0 unspecified atom stereocenters. The van der Waals surface area contributed by atoms with Crippen molar-refractivity contribution in [2.45, 2.75) is 6.42 Å². The van der Waals surface area contributed by atoms with E-state index in [1.165, 1.54) is 10.5 Å². The normalized spacial score (nSPS) is 13.6. The first-order chi connectivity index (χ1) is 13.0. The van der Waals surface area contributed by atoms with E-state index in [0.717, 1.165) is 11.3 Å². The van der Waals surface area contributed by atoms with Gasteiger partial charge in [-0.2, -0.15) is 0 Å². The zero-order valence-electron chi connectivity index (χ0n) is 14.5. The lowest BCUT2D eigenvalue weighted by Gasteiger charge is -2.19. The second-order valence-electron chi connectivity index (χ2n) is 6.27. The van der Waals surface area contributed by atoms with Gasteiger partial charge in [-0.1, -0.05) is 30.3 Å². The van der Waals surface area contributed by atoms with Gasteiger partial charge in [0.25, 0.3) is 5.91 Å². The molecule has 0 saturated heterocycles. The van der Waals surface area contributed by atoms with Crippen LogP contribution in [-0.2, 0) is 16.4 Å². The van der Waals surface area contributed by atoms with Crippen LogP contribution >= 0.6 is 0 Å². The van der Waals surface area contributed by atoms with Gasteiger partial charge in [0, 0.05) is 13.1 Å². The third-order valence-corrected chi connectivity index (χ3v) is 6.28. The van der Waals surface area contributed by atoms with E-state index in [4.69, 9.17) is 0 Å². The first kappa shape index (κ1) is 17.4. The summed E-state index contributed by atoms with van der Waals surface area (Å²) in [7, 11) is -3.50. The van der Waals surface area contributed by atoms with Gasteiger partial charge in [-0.3, -0.25) is 14.1 Å². The predicted molar refractivity (Wildman–Crippen MR) is 103 cm³/mol. The summed E-state index contributed by atoms with van der Waals surface area (Å²) in [5.74, 6) is -0.612. The lowest BCUT2D eigenvalue weighted by atomic mass is 10.2. The number of aromatic nitrogens is 2. The number of fused-ring (bicyclic) bond motifs is 2. The van der Waals surface area contributed by atoms with E-state index in [1.807, 2.05) is 42.5 Å². The van der Waals surface area contributed by atoms with Gasteiger partial charge in [0.15, 0.2) is 0 Å². The summed E-state index contributed by atoms with van der Waals surface area (Å²) in [6.45, 7) is 0.445. The molecule has 3 aromatic rings. The highest BCUT2D eigenvalue weighted by atomic mass is 32.2. The number of hydrogen-bond acceptors (Lipinski definition) is 5. The van der Waals surface area contributed by atoms with Crippen molar-refractivity contribution in [1.82, 2.24) is 15.3 Å². The Bertz CT molecular complexity index is 1110. The summed E-state index contributed by atoms with van der Waals surface area (Å²) in [5, 5.41) is 2.62. The quantitative estimate of drug-likeness (QED) is 0.726. The summed E-state index contributed by atoms with van der Waals surface area (Å²) in [5.41, 5.74) is 3.23. The fourth-order valence-electron chi connectivity index (χ4n) is 3.16. The molecule has 0 atom stereocenters. The maximum absolute atomic E-state index is 12.6. The molecule has 1 aliphatic rings. The fraction of sp³-hybridized carbons (Fsp3) is 0.211. The summed E-state index contributed by atoms with van der Waals surface area (Å²) in [4.78, 5) is 20.7. The third-order valence-electron chi connectivity index (χ3n) is 4.51. The van der Waals surface area contributed by atoms with Gasteiger partial charge in [-0.15, -0.1) is 0 Å². The summed E-state index contributed by atoms with van der Waals surface area (Å²) < 4.78 is 26.7. The van der Waals surface area contributed by atoms with E-state index >= 15 is 0 Å². The minimum absolute atomic E-state index is 0.00827. The van der Waals surface area contributed by atoms with E-state index in [1.54, 1.807) is 6.07 Å². The number of hydrogen-bond donors (Lipinski definition) is 1. The molecule has 0 aliphatic carbocycles. The number of carbonyl (C=O) groups is 1. The van der Waals surface area contributed by atoms with Crippen LogP contribution in [0.1, 0.15) is 16.1 Å². The number of benzene rings is 2. The third kappa shape index (κ3) is 3.48. The molecular formula is C19H18N4O3S. The van der Waals surface area contributed by atoms with Crippen molar-refractivity contribution in [2.24, 2.45) is 0 Å². The van der Waals surface area contributed by atoms with E-state index < -0.39 is 15.9 Å². The number of nitrogens with zero attached hydrogens (tertiary/aromatic N) is 3. The molecule has 1 amide bonds. The van der Waals surface area contributed by atoms with Crippen molar-refractivity contribution in [3.05, 3.63) is 66.0 Å². The fourth-order valence-corrected chi connectivity index (χ4v) is 4.59. The van der Waals surface area contributed by atoms with Crippen molar-refractivity contribution in [3.8, 4) is 0 Å². The van der Waals surface area contributed by atoms with Crippen LogP contribution in [0.4, 0.5) is 5.69 Å². The lowest BCUT2D eigenvalue weighted by molar-refractivity contribution is 0.0951. The minimum Gasteiger partial charge on any atom is -0.350 e. The van der Waals surface area contributed by atoms with Crippen molar-refractivity contribution >= 4 is 32.7 Å². The zero-order chi connectivity index (χ0) is 18.9. The van der Waals surface area contributed by atoms with Crippen molar-refractivity contribution < 1.29 is 13.2 Å². The molecule has 4 rings (SSSR count). The summed E-state index contributed by atoms with van der Waals surface area (Å²) in [6, 6.07) is 14.7. The minimum atomic E-state index is -3.50. The van der Waals surface area contributed by atoms with E-state index in [-0.39, 0.29) is 18.0 Å². The highest BCUT2D eigenvalue weighted by molar-refractivity contribution is 7.92. The Kier molecular flexibility index (Phi) is 4.49. The van der Waals surface area contributed by atoms with Gasteiger partial charge in [-0.25, -0.2) is 13.4 Å². The lowest BCUT2D eigenvalue weighted by Crippen LogP contribution is -2.37. The number of carbonyl (C=O) groups excluding carboxylic acids is 1. The molecule has 0 fully saturated rings. The van der Waals surface area contributed by atoms with Gasteiger partial charge in [-0.05, 0) is 30.2 Å². The Labute approximate surface area is 157 Å². The topological polar surface area (TPSA) is 92.3 Å². The van der Waals surface area contributed by atoms with Crippen molar-refractivity contribution in [3.63, 3.8) is 0 Å². The SMILES string of the molecule is O=C(NCCS(=O)(=O)N1CCc2ccccc21)c1cnc2ccccc2n1. The van der Waals surface area contributed by atoms with Crippen molar-refractivity contribution in [1.29, 1.82) is 0 Å². The van der Waals surface area contributed by atoms with Crippen LogP contribution in [0.3, 0.4) is 0 Å². The predicted octanol–water partition coefficient (Wildman–Crippen LogP) is 1.75. The van der Waals surface area contributed by atoms with Crippen LogP contribution in [0, 0.1) is 0 Å². The molecule has 0 saturated carbocycles. The summed E-state index contributed by atoms with van der Waals surface area (Å²) in [6.07, 6.45) is 2.09. The Morgan fingerprint density at radius 1 is 1.07 bits per heavy atom. The Morgan fingerprint density at radius 3 is 2.67 bits per heavy atom. The zero-order valence-corrected chi connectivity index (χ0v) is 15.3. The highest BCUT2D eigenvalue weighted by Crippen LogP contribution is 2.29. The Morgan fingerprint density at radius 2 is 1.81 bits per heavy atom. The van der Waals surface area contributed by atoms with Crippen molar-refractivity contribution in [2.75, 3.05) is 23.1 Å². The van der Waals surface area contributed by atoms with Crippen LogP contribution in [0.5, 0.6) is 0 Å². The Hall–Kier alpha value is -3.00. The number of rotatable bonds is 5. The molecule has 1 N–H and O–H groups in total. The largest absolute Gasteiger partial charge is 0.350 e. The van der Waals surface area contributed by atoms with Gasteiger partial charge >= 0.3 is 0 Å². The molecule has 27 heavy (non-hydrogen) atoms. The second kappa shape index (κ2) is 6.96. The van der Waals surface area contributed by atoms with Crippen LogP contribution < -0.4 is 9.62 Å². The van der Waals surface area contributed by atoms with Gasteiger partial charge < -0.3 is 5.32 Å². The molecule has 0 radical (unpaired) electrons. The molecule has 2 heterocycles. The first-order valence-corrected chi connectivity index (χ1v) is 10.2. The van der Waals surface area contributed by atoms with Crippen LogP contribution in [0.2, 0.25) is 0 Å². The Balaban J connectivity index is 1.41.